The fraction of sp³-hybridized carbons (Fsp3) is 0.600. The molecule has 0 saturated carbocycles. The summed E-state index contributed by atoms with van der Waals surface area (Å²) in [6.45, 7) is 5.11. The van der Waals surface area contributed by atoms with E-state index in [0.29, 0.717) is 24.6 Å². The van der Waals surface area contributed by atoms with Crippen molar-refractivity contribution in [3.63, 3.8) is 0 Å². The predicted octanol–water partition coefficient (Wildman–Crippen LogP) is 1.33. The molecular formula is C15H22F2N2O3S. The van der Waals surface area contributed by atoms with E-state index in [-0.39, 0.29) is 6.54 Å². The first-order valence-electron chi connectivity index (χ1n) is 7.56. The molecule has 2 rings (SSSR count). The molecule has 0 amide bonds. The highest BCUT2D eigenvalue weighted by Gasteiger charge is 2.28. The number of nitrogens with one attached hydrogen (secondary N) is 1. The zero-order valence-corrected chi connectivity index (χ0v) is 14.0. The van der Waals surface area contributed by atoms with Gasteiger partial charge in [0.1, 0.15) is 16.5 Å². The summed E-state index contributed by atoms with van der Waals surface area (Å²) in [5, 5.41) is 10.0. The predicted molar refractivity (Wildman–Crippen MR) is 82.4 cm³/mol. The Kier molecular flexibility index (Phi) is 5.72. The van der Waals surface area contributed by atoms with E-state index in [4.69, 9.17) is 0 Å². The molecule has 0 bridgehead atoms. The molecule has 0 radical (unpaired) electrons. The van der Waals surface area contributed by atoms with E-state index in [1.165, 1.54) is 0 Å². The maximum Gasteiger partial charge on any atom is 0.243 e. The summed E-state index contributed by atoms with van der Waals surface area (Å²) in [6.07, 6.45) is 0.113. The van der Waals surface area contributed by atoms with Gasteiger partial charge in [0.2, 0.25) is 10.0 Å². The van der Waals surface area contributed by atoms with E-state index < -0.39 is 32.7 Å². The van der Waals surface area contributed by atoms with Crippen LogP contribution < -0.4 is 4.72 Å². The van der Waals surface area contributed by atoms with Crippen molar-refractivity contribution in [1.82, 2.24) is 9.62 Å². The molecule has 0 spiro atoms. The van der Waals surface area contributed by atoms with Crippen molar-refractivity contribution < 1.29 is 22.3 Å². The molecule has 8 heteroatoms. The molecule has 1 aromatic carbocycles. The molecule has 1 saturated heterocycles. The lowest BCUT2D eigenvalue weighted by atomic mass is 10.1. The van der Waals surface area contributed by atoms with Crippen LogP contribution in [-0.4, -0.2) is 50.2 Å². The fourth-order valence-electron chi connectivity index (χ4n) is 2.94. The van der Waals surface area contributed by atoms with E-state index >= 15 is 0 Å². The summed E-state index contributed by atoms with van der Waals surface area (Å²) >= 11 is 0. The normalized spacial score (nSPS) is 24.0. The molecule has 5 nitrogen and oxygen atoms in total. The largest absolute Gasteiger partial charge is 0.390 e. The lowest BCUT2D eigenvalue weighted by Crippen LogP contribution is -2.41. The Morgan fingerprint density at radius 3 is 2.70 bits per heavy atom. The molecule has 1 heterocycles. The van der Waals surface area contributed by atoms with Gasteiger partial charge in [0.05, 0.1) is 6.10 Å². The standard InChI is InChI=1S/C15H22F2N2O3S/c1-10-5-11(2)19(8-10)9-13(20)7-18-23(21,22)15-6-12(16)3-4-14(15)17/h3-4,6,10-11,13,18,20H,5,7-9H2,1-2H3/t10?,11?,13-/m1/s1. The summed E-state index contributed by atoms with van der Waals surface area (Å²) in [7, 11) is -4.21. The Morgan fingerprint density at radius 2 is 2.09 bits per heavy atom. The van der Waals surface area contributed by atoms with Crippen LogP contribution >= 0.6 is 0 Å². The summed E-state index contributed by atoms with van der Waals surface area (Å²) < 4.78 is 52.8. The molecule has 2 N–H and O–H groups in total. The second kappa shape index (κ2) is 7.21. The van der Waals surface area contributed by atoms with Crippen molar-refractivity contribution in [2.24, 2.45) is 5.92 Å². The van der Waals surface area contributed by atoms with Crippen molar-refractivity contribution in [1.29, 1.82) is 0 Å². The molecular weight excluding hydrogens is 326 g/mol. The number of rotatable bonds is 6. The van der Waals surface area contributed by atoms with E-state index in [1.807, 2.05) is 0 Å². The number of β-amino-alcohol motifs (C(OH)–C–C–N with tert-alkyl or cyclic N) is 1. The minimum absolute atomic E-state index is 0.254. The second-order valence-corrected chi connectivity index (χ2v) is 7.96. The number of hydrogen-bond donors (Lipinski definition) is 2. The minimum Gasteiger partial charge on any atom is -0.390 e. The zero-order valence-electron chi connectivity index (χ0n) is 13.2. The first-order chi connectivity index (χ1) is 10.7. The Labute approximate surface area is 135 Å². The number of benzene rings is 1. The number of nitrogens with zero attached hydrogens (tertiary/aromatic N) is 1. The van der Waals surface area contributed by atoms with Crippen LogP contribution in [0.1, 0.15) is 20.3 Å². The summed E-state index contributed by atoms with van der Waals surface area (Å²) in [5.41, 5.74) is 0. The first-order valence-corrected chi connectivity index (χ1v) is 9.04. The average molecular weight is 348 g/mol. The van der Waals surface area contributed by atoms with Crippen LogP contribution in [0.25, 0.3) is 0 Å². The van der Waals surface area contributed by atoms with Crippen molar-refractivity contribution in [2.45, 2.75) is 37.3 Å². The maximum absolute atomic E-state index is 13.6. The third-order valence-corrected chi connectivity index (χ3v) is 5.49. The third kappa shape index (κ3) is 4.69. The Bertz CT molecular complexity index is 654. The lowest BCUT2D eigenvalue weighted by molar-refractivity contribution is 0.111. The minimum atomic E-state index is -4.21. The van der Waals surface area contributed by atoms with Gasteiger partial charge in [-0.1, -0.05) is 6.92 Å². The SMILES string of the molecule is CC1CC(C)N(C[C@H](O)CNS(=O)(=O)c2cc(F)ccc2F)C1. The Morgan fingerprint density at radius 1 is 1.39 bits per heavy atom. The Balaban J connectivity index is 1.95. The number of hydrogen-bond acceptors (Lipinski definition) is 4. The van der Waals surface area contributed by atoms with Crippen LogP contribution in [0.3, 0.4) is 0 Å². The van der Waals surface area contributed by atoms with Crippen molar-refractivity contribution in [3.8, 4) is 0 Å². The summed E-state index contributed by atoms with van der Waals surface area (Å²) in [4.78, 5) is 1.33. The topological polar surface area (TPSA) is 69.6 Å². The van der Waals surface area contributed by atoms with Gasteiger partial charge in [-0.25, -0.2) is 21.9 Å². The van der Waals surface area contributed by atoms with Crippen molar-refractivity contribution in [3.05, 3.63) is 29.8 Å². The highest BCUT2D eigenvalue weighted by molar-refractivity contribution is 7.89. The second-order valence-electron chi connectivity index (χ2n) is 6.22. The summed E-state index contributed by atoms with van der Waals surface area (Å²) in [6, 6.07) is 2.55. The smallest absolute Gasteiger partial charge is 0.243 e. The highest BCUT2D eigenvalue weighted by Crippen LogP contribution is 2.22. The number of halogens is 2. The van der Waals surface area contributed by atoms with E-state index in [2.05, 4.69) is 23.5 Å². The van der Waals surface area contributed by atoms with Gasteiger partial charge >= 0.3 is 0 Å². The van der Waals surface area contributed by atoms with Crippen LogP contribution in [0.5, 0.6) is 0 Å². The van der Waals surface area contributed by atoms with E-state index in [0.717, 1.165) is 25.1 Å². The van der Waals surface area contributed by atoms with Gasteiger partial charge in [0.15, 0.2) is 0 Å². The lowest BCUT2D eigenvalue weighted by Gasteiger charge is -2.24. The number of aliphatic hydroxyl groups excluding tert-OH is 1. The van der Waals surface area contributed by atoms with Gasteiger partial charge in [-0.15, -0.1) is 0 Å². The van der Waals surface area contributed by atoms with Crippen LogP contribution in [0, 0.1) is 17.6 Å². The van der Waals surface area contributed by atoms with Gasteiger partial charge in [0, 0.05) is 25.7 Å². The van der Waals surface area contributed by atoms with Gasteiger partial charge < -0.3 is 5.11 Å². The number of sulfonamides is 1. The van der Waals surface area contributed by atoms with Gasteiger partial charge in [-0.2, -0.15) is 0 Å². The van der Waals surface area contributed by atoms with Crippen LogP contribution in [0.15, 0.2) is 23.1 Å². The van der Waals surface area contributed by atoms with Crippen LogP contribution in [0.2, 0.25) is 0 Å². The summed E-state index contributed by atoms with van der Waals surface area (Å²) in [5.74, 6) is -1.34. The fourth-order valence-corrected chi connectivity index (χ4v) is 4.10. The van der Waals surface area contributed by atoms with Gasteiger partial charge in [0.25, 0.3) is 0 Å². The molecule has 0 aromatic heterocycles. The molecule has 2 unspecified atom stereocenters. The molecule has 130 valence electrons. The average Bonchev–Trinajstić information content (AvgIpc) is 2.77. The quantitative estimate of drug-likeness (QED) is 0.814. The molecule has 1 aromatic rings. The van der Waals surface area contributed by atoms with E-state index in [1.54, 1.807) is 0 Å². The molecule has 23 heavy (non-hydrogen) atoms. The molecule has 3 atom stereocenters. The maximum atomic E-state index is 13.6. The number of likely N-dealkylation sites (tertiary alicyclic amines) is 1. The monoisotopic (exact) mass is 348 g/mol. The molecule has 1 fully saturated rings. The molecule has 1 aliphatic heterocycles. The highest BCUT2D eigenvalue weighted by atomic mass is 32.2. The third-order valence-electron chi connectivity index (χ3n) is 4.05. The van der Waals surface area contributed by atoms with Gasteiger partial charge in [-0.05, 0) is 37.5 Å². The van der Waals surface area contributed by atoms with Crippen LogP contribution in [0.4, 0.5) is 8.78 Å². The molecule has 1 aliphatic rings. The van der Waals surface area contributed by atoms with Gasteiger partial charge in [-0.3, -0.25) is 4.90 Å². The van der Waals surface area contributed by atoms with E-state index in [9.17, 15) is 22.3 Å². The first kappa shape index (κ1) is 18.3. The number of aliphatic hydroxyl groups is 1. The van der Waals surface area contributed by atoms with Crippen molar-refractivity contribution >= 4 is 10.0 Å². The van der Waals surface area contributed by atoms with Crippen LogP contribution in [-0.2, 0) is 10.0 Å². The Hall–Kier alpha value is -1.09. The molecule has 0 aliphatic carbocycles. The zero-order chi connectivity index (χ0) is 17.2. The van der Waals surface area contributed by atoms with Crippen molar-refractivity contribution in [2.75, 3.05) is 19.6 Å².